The van der Waals surface area contributed by atoms with Crippen LogP contribution in [0, 0.1) is 5.92 Å². The van der Waals surface area contributed by atoms with Crippen molar-refractivity contribution in [3.8, 4) is 0 Å². The molecule has 0 amide bonds. The van der Waals surface area contributed by atoms with E-state index in [1.54, 1.807) is 4.31 Å². The molecular weight excluding hydrogens is 284 g/mol. The molecule has 5 nitrogen and oxygen atoms in total. The van der Waals surface area contributed by atoms with Crippen LogP contribution < -0.4 is 0 Å². The van der Waals surface area contributed by atoms with Gasteiger partial charge in [-0.3, -0.25) is 4.21 Å². The van der Waals surface area contributed by atoms with Crippen molar-refractivity contribution in [2.75, 3.05) is 31.9 Å². The van der Waals surface area contributed by atoms with Crippen molar-refractivity contribution in [3.63, 3.8) is 0 Å². The van der Waals surface area contributed by atoms with Crippen LogP contribution in [0.3, 0.4) is 0 Å². The number of hydrogen-bond acceptors (Lipinski definition) is 3. The monoisotopic (exact) mass is 308 g/mol. The first-order valence-corrected chi connectivity index (χ1v) is 9.59. The third-order valence-electron chi connectivity index (χ3n) is 3.97. The van der Waals surface area contributed by atoms with Gasteiger partial charge in [0.25, 0.3) is 10.2 Å². The van der Waals surface area contributed by atoms with Gasteiger partial charge in [-0.25, -0.2) is 0 Å². The Bertz CT molecular complexity index is 462. The van der Waals surface area contributed by atoms with Crippen LogP contribution in [-0.4, -0.2) is 57.9 Å². The van der Waals surface area contributed by atoms with Crippen LogP contribution in [0.15, 0.2) is 0 Å². The lowest BCUT2D eigenvalue weighted by atomic mass is 10.0. The molecule has 2 atom stereocenters. The minimum absolute atomic E-state index is 0.354. The fraction of sp³-hybridized carbons (Fsp3) is 1.00. The third kappa shape index (κ3) is 3.20. The van der Waals surface area contributed by atoms with Crippen molar-refractivity contribution in [3.05, 3.63) is 0 Å². The normalized spacial score (nSPS) is 34.3. The Kier molecular flexibility index (Phi) is 4.40. The maximum Gasteiger partial charge on any atom is 0.282 e. The summed E-state index contributed by atoms with van der Waals surface area (Å²) >= 11 is 0. The molecule has 2 saturated heterocycles. The van der Waals surface area contributed by atoms with Gasteiger partial charge in [-0.15, -0.1) is 0 Å². The molecule has 0 aliphatic carbocycles. The second-order valence-electron chi connectivity index (χ2n) is 6.26. The Labute approximate surface area is 119 Å². The quantitative estimate of drug-likeness (QED) is 0.758. The van der Waals surface area contributed by atoms with E-state index in [4.69, 9.17) is 0 Å². The number of rotatable bonds is 2. The molecule has 112 valence electrons. The number of nitrogens with zero attached hydrogens (tertiary/aromatic N) is 2. The molecule has 0 radical (unpaired) electrons. The zero-order chi connectivity index (χ0) is 14.3. The van der Waals surface area contributed by atoms with Crippen molar-refractivity contribution < 1.29 is 12.6 Å². The molecule has 19 heavy (non-hydrogen) atoms. The molecule has 2 aliphatic rings. The molecule has 0 aromatic carbocycles. The smallest absolute Gasteiger partial charge is 0.259 e. The Balaban J connectivity index is 2.14. The van der Waals surface area contributed by atoms with Crippen LogP contribution in [-0.2, 0) is 21.0 Å². The van der Waals surface area contributed by atoms with Crippen LogP contribution in [0.5, 0.6) is 0 Å². The van der Waals surface area contributed by atoms with E-state index in [1.165, 1.54) is 4.31 Å². The lowest BCUT2D eigenvalue weighted by Crippen LogP contribution is -2.56. The molecule has 2 rings (SSSR count). The molecule has 7 heteroatoms. The van der Waals surface area contributed by atoms with E-state index in [1.807, 2.05) is 13.8 Å². The van der Waals surface area contributed by atoms with E-state index in [-0.39, 0.29) is 0 Å². The van der Waals surface area contributed by atoms with Crippen LogP contribution in [0.25, 0.3) is 0 Å². The summed E-state index contributed by atoms with van der Waals surface area (Å²) in [4.78, 5) is 0. The Morgan fingerprint density at radius 3 is 2.47 bits per heavy atom. The van der Waals surface area contributed by atoms with Gasteiger partial charge in [-0.1, -0.05) is 6.92 Å². The van der Waals surface area contributed by atoms with E-state index in [2.05, 4.69) is 6.92 Å². The standard InChI is InChI=1S/C12H24N2O3S2/c1-11-5-4-6-13(9-11)19(16,17)14-7-8-18(15)12(2,3)10-14/h11H,4-10H2,1-3H3/t11-,18+/m0/s1. The summed E-state index contributed by atoms with van der Waals surface area (Å²) in [5.74, 6) is 0.866. The summed E-state index contributed by atoms with van der Waals surface area (Å²) in [5, 5.41) is 0. The van der Waals surface area contributed by atoms with Crippen molar-refractivity contribution in [1.82, 2.24) is 8.61 Å². The van der Waals surface area contributed by atoms with E-state index >= 15 is 0 Å². The predicted octanol–water partition coefficient (Wildman–Crippen LogP) is 0.806. The molecule has 0 aromatic heterocycles. The first-order valence-electron chi connectivity index (χ1n) is 6.87. The second kappa shape index (κ2) is 5.42. The lowest BCUT2D eigenvalue weighted by Gasteiger charge is -2.40. The highest BCUT2D eigenvalue weighted by Crippen LogP contribution is 2.26. The van der Waals surface area contributed by atoms with Gasteiger partial charge in [-0.05, 0) is 32.6 Å². The maximum absolute atomic E-state index is 12.6. The van der Waals surface area contributed by atoms with Gasteiger partial charge in [0.05, 0.1) is 4.75 Å². The Morgan fingerprint density at radius 1 is 1.21 bits per heavy atom. The van der Waals surface area contributed by atoms with Gasteiger partial charge in [0, 0.05) is 42.7 Å². The summed E-state index contributed by atoms with van der Waals surface area (Å²) in [5.41, 5.74) is 0. The minimum Gasteiger partial charge on any atom is -0.259 e. The molecular formula is C12H24N2O3S2. The fourth-order valence-corrected chi connectivity index (χ4v) is 6.13. The van der Waals surface area contributed by atoms with Gasteiger partial charge in [0.1, 0.15) is 0 Å². The lowest BCUT2D eigenvalue weighted by molar-refractivity contribution is 0.254. The molecule has 0 spiro atoms. The minimum atomic E-state index is -3.38. The summed E-state index contributed by atoms with van der Waals surface area (Å²) in [6, 6.07) is 0. The van der Waals surface area contributed by atoms with Crippen LogP contribution in [0.2, 0.25) is 0 Å². The molecule has 0 N–H and O–H groups in total. The van der Waals surface area contributed by atoms with E-state index in [0.717, 1.165) is 12.8 Å². The van der Waals surface area contributed by atoms with Gasteiger partial charge in [-0.2, -0.15) is 17.0 Å². The molecule has 0 saturated carbocycles. The maximum atomic E-state index is 12.6. The number of hydrogen-bond donors (Lipinski definition) is 0. The number of piperidine rings is 1. The van der Waals surface area contributed by atoms with E-state index in [9.17, 15) is 12.6 Å². The van der Waals surface area contributed by atoms with Gasteiger partial charge >= 0.3 is 0 Å². The second-order valence-corrected chi connectivity index (χ2v) is 10.4. The summed E-state index contributed by atoms with van der Waals surface area (Å²) in [6.45, 7) is 7.81. The molecule has 0 aromatic rings. The summed E-state index contributed by atoms with van der Waals surface area (Å²) in [7, 11) is -4.32. The predicted molar refractivity (Wildman–Crippen MR) is 77.6 cm³/mol. The average Bonchev–Trinajstić information content (AvgIpc) is 2.32. The van der Waals surface area contributed by atoms with Gasteiger partial charge < -0.3 is 0 Å². The molecule has 0 unspecified atom stereocenters. The fourth-order valence-electron chi connectivity index (χ4n) is 2.75. The Morgan fingerprint density at radius 2 is 1.89 bits per heavy atom. The van der Waals surface area contributed by atoms with E-state index < -0.39 is 25.8 Å². The highest BCUT2D eigenvalue weighted by atomic mass is 32.2. The zero-order valence-corrected chi connectivity index (χ0v) is 13.6. The first-order chi connectivity index (χ1) is 8.73. The van der Waals surface area contributed by atoms with Crippen LogP contribution in [0.1, 0.15) is 33.6 Å². The third-order valence-corrected chi connectivity index (χ3v) is 7.84. The van der Waals surface area contributed by atoms with Crippen molar-refractivity contribution in [2.45, 2.75) is 38.4 Å². The van der Waals surface area contributed by atoms with Gasteiger partial charge in [0.2, 0.25) is 0 Å². The largest absolute Gasteiger partial charge is 0.282 e. The van der Waals surface area contributed by atoms with Crippen LogP contribution in [0.4, 0.5) is 0 Å². The van der Waals surface area contributed by atoms with Gasteiger partial charge in [0.15, 0.2) is 0 Å². The average molecular weight is 308 g/mol. The van der Waals surface area contributed by atoms with Crippen molar-refractivity contribution in [1.29, 1.82) is 0 Å². The molecule has 2 heterocycles. The molecule has 2 fully saturated rings. The summed E-state index contributed by atoms with van der Waals surface area (Å²) in [6.07, 6.45) is 2.03. The first kappa shape index (κ1) is 15.4. The molecule has 0 bridgehead atoms. The summed E-state index contributed by atoms with van der Waals surface area (Å²) < 4.78 is 39.8. The van der Waals surface area contributed by atoms with Crippen molar-refractivity contribution >= 4 is 21.0 Å². The topological polar surface area (TPSA) is 57.7 Å². The highest BCUT2D eigenvalue weighted by molar-refractivity contribution is 7.88. The highest BCUT2D eigenvalue weighted by Gasteiger charge is 2.41. The van der Waals surface area contributed by atoms with E-state index in [0.29, 0.717) is 37.8 Å². The van der Waals surface area contributed by atoms with Crippen LogP contribution >= 0.6 is 0 Å². The van der Waals surface area contributed by atoms with Crippen molar-refractivity contribution in [2.24, 2.45) is 5.92 Å². The zero-order valence-electron chi connectivity index (χ0n) is 12.0. The SMILES string of the molecule is C[C@H]1CCCN(S(=O)(=O)N2CC[S@@](=O)C(C)(C)C2)C1. The molecule has 2 aliphatic heterocycles. The Hall–Kier alpha value is 0.0200.